The maximum atomic E-state index is 12.1. The maximum absolute atomic E-state index is 12.1. The minimum absolute atomic E-state index is 0.209. The lowest BCUT2D eigenvalue weighted by Gasteiger charge is -2.17. The lowest BCUT2D eigenvalue weighted by atomic mass is 10.0. The van der Waals surface area contributed by atoms with Crippen molar-refractivity contribution in [2.24, 2.45) is 0 Å². The molecule has 0 aliphatic carbocycles. The van der Waals surface area contributed by atoms with Gasteiger partial charge in [0.05, 0.1) is 6.61 Å². The second-order valence-corrected chi connectivity index (χ2v) is 4.30. The number of carbonyl (C=O) groups excluding carboxylic acids is 1. The first-order valence-electron chi connectivity index (χ1n) is 6.17. The van der Waals surface area contributed by atoms with Crippen molar-refractivity contribution in [3.63, 3.8) is 0 Å². The minimum atomic E-state index is -0.209. The summed E-state index contributed by atoms with van der Waals surface area (Å²) in [7, 11) is 0. The first-order valence-corrected chi connectivity index (χ1v) is 6.17. The van der Waals surface area contributed by atoms with Crippen LogP contribution in [0.5, 0.6) is 5.75 Å². The van der Waals surface area contributed by atoms with Gasteiger partial charge in [0.15, 0.2) is 0 Å². The van der Waals surface area contributed by atoms with E-state index in [1.807, 2.05) is 12.1 Å². The van der Waals surface area contributed by atoms with Gasteiger partial charge in [0, 0.05) is 18.0 Å². The van der Waals surface area contributed by atoms with E-state index < -0.39 is 0 Å². The van der Waals surface area contributed by atoms with Crippen LogP contribution >= 0.6 is 0 Å². The van der Waals surface area contributed by atoms with Crippen LogP contribution in [0.4, 0.5) is 5.95 Å². The normalized spacial score (nSPS) is 13.3. The van der Waals surface area contributed by atoms with Crippen LogP contribution in [0.15, 0.2) is 36.7 Å². The van der Waals surface area contributed by atoms with Crippen LogP contribution in [0.1, 0.15) is 22.3 Å². The van der Waals surface area contributed by atoms with Crippen molar-refractivity contribution < 1.29 is 9.53 Å². The number of aryl methyl sites for hydroxylation is 1. The van der Waals surface area contributed by atoms with E-state index in [0.717, 1.165) is 30.8 Å². The van der Waals surface area contributed by atoms with Gasteiger partial charge in [-0.3, -0.25) is 10.1 Å². The fourth-order valence-corrected chi connectivity index (χ4v) is 2.04. The Morgan fingerprint density at radius 3 is 2.95 bits per heavy atom. The molecule has 2 heterocycles. The Morgan fingerprint density at radius 2 is 2.11 bits per heavy atom. The standard InChI is InChI=1S/C14H13N3O2/c18-13(17-14-15-6-2-7-16-14)11-4-5-12-10(9-11)3-1-8-19-12/h2,4-7,9H,1,3,8H2,(H,15,16,17,18). The number of nitrogens with zero attached hydrogens (tertiary/aromatic N) is 2. The monoisotopic (exact) mass is 255 g/mol. The molecule has 0 spiro atoms. The number of ether oxygens (including phenoxy) is 1. The predicted molar refractivity (Wildman–Crippen MR) is 70.2 cm³/mol. The van der Waals surface area contributed by atoms with E-state index >= 15 is 0 Å². The fraction of sp³-hybridized carbons (Fsp3) is 0.214. The largest absolute Gasteiger partial charge is 0.493 e. The van der Waals surface area contributed by atoms with Gasteiger partial charge in [0.25, 0.3) is 5.91 Å². The zero-order valence-corrected chi connectivity index (χ0v) is 10.3. The molecule has 0 bridgehead atoms. The highest BCUT2D eigenvalue weighted by atomic mass is 16.5. The van der Waals surface area contributed by atoms with E-state index in [-0.39, 0.29) is 5.91 Å². The van der Waals surface area contributed by atoms with Crippen LogP contribution in [0.25, 0.3) is 0 Å². The van der Waals surface area contributed by atoms with Crippen LogP contribution < -0.4 is 10.1 Å². The molecule has 1 aromatic heterocycles. The van der Waals surface area contributed by atoms with Gasteiger partial charge in [-0.1, -0.05) is 0 Å². The van der Waals surface area contributed by atoms with Crippen LogP contribution in [0.2, 0.25) is 0 Å². The maximum Gasteiger partial charge on any atom is 0.258 e. The Kier molecular flexibility index (Phi) is 3.10. The molecule has 0 radical (unpaired) electrons. The number of nitrogens with one attached hydrogen (secondary N) is 1. The molecule has 1 aromatic carbocycles. The summed E-state index contributed by atoms with van der Waals surface area (Å²) in [6.07, 6.45) is 5.10. The second kappa shape index (κ2) is 5.06. The number of benzene rings is 1. The van der Waals surface area contributed by atoms with E-state index in [1.54, 1.807) is 24.5 Å². The highest BCUT2D eigenvalue weighted by molar-refractivity contribution is 6.03. The van der Waals surface area contributed by atoms with Gasteiger partial charge >= 0.3 is 0 Å². The van der Waals surface area contributed by atoms with Gasteiger partial charge in [-0.2, -0.15) is 0 Å². The molecular weight excluding hydrogens is 242 g/mol. The number of aromatic nitrogens is 2. The molecule has 0 unspecified atom stereocenters. The smallest absolute Gasteiger partial charge is 0.258 e. The van der Waals surface area contributed by atoms with Gasteiger partial charge in [0.2, 0.25) is 5.95 Å². The van der Waals surface area contributed by atoms with E-state index in [2.05, 4.69) is 15.3 Å². The van der Waals surface area contributed by atoms with Crippen molar-refractivity contribution in [3.05, 3.63) is 47.8 Å². The third-order valence-electron chi connectivity index (χ3n) is 2.96. The number of rotatable bonds is 2. The first-order chi connectivity index (χ1) is 9.33. The molecule has 2 aromatic rings. The number of hydrogen-bond donors (Lipinski definition) is 1. The molecule has 1 aliphatic rings. The molecular formula is C14H13N3O2. The van der Waals surface area contributed by atoms with E-state index in [9.17, 15) is 4.79 Å². The van der Waals surface area contributed by atoms with Crippen LogP contribution in [0, 0.1) is 0 Å². The molecule has 5 nitrogen and oxygen atoms in total. The average molecular weight is 255 g/mol. The van der Waals surface area contributed by atoms with E-state index in [0.29, 0.717) is 11.5 Å². The quantitative estimate of drug-likeness (QED) is 0.892. The third kappa shape index (κ3) is 2.54. The Morgan fingerprint density at radius 1 is 1.26 bits per heavy atom. The van der Waals surface area contributed by atoms with Crippen LogP contribution in [0.3, 0.4) is 0 Å². The molecule has 0 fully saturated rings. The zero-order valence-electron chi connectivity index (χ0n) is 10.3. The summed E-state index contributed by atoms with van der Waals surface area (Å²) in [5.41, 5.74) is 1.67. The number of hydrogen-bond acceptors (Lipinski definition) is 4. The Balaban J connectivity index is 1.80. The van der Waals surface area contributed by atoms with E-state index in [4.69, 9.17) is 4.74 Å². The minimum Gasteiger partial charge on any atom is -0.493 e. The van der Waals surface area contributed by atoms with Crippen molar-refractivity contribution in [2.45, 2.75) is 12.8 Å². The summed E-state index contributed by atoms with van der Waals surface area (Å²) in [5, 5.41) is 2.66. The van der Waals surface area contributed by atoms with Gasteiger partial charge in [-0.15, -0.1) is 0 Å². The number of fused-ring (bicyclic) bond motifs is 1. The summed E-state index contributed by atoms with van der Waals surface area (Å²) in [6, 6.07) is 7.16. The number of carbonyl (C=O) groups is 1. The van der Waals surface area contributed by atoms with Crippen molar-refractivity contribution in [3.8, 4) is 5.75 Å². The number of anilines is 1. The summed E-state index contributed by atoms with van der Waals surface area (Å²) in [5.74, 6) is 0.972. The molecule has 19 heavy (non-hydrogen) atoms. The molecule has 96 valence electrons. The van der Waals surface area contributed by atoms with Gasteiger partial charge in [-0.05, 0) is 42.7 Å². The summed E-state index contributed by atoms with van der Waals surface area (Å²) >= 11 is 0. The molecule has 5 heteroatoms. The highest BCUT2D eigenvalue weighted by Gasteiger charge is 2.14. The average Bonchev–Trinajstić information content (AvgIpc) is 2.48. The van der Waals surface area contributed by atoms with Gasteiger partial charge in [-0.25, -0.2) is 9.97 Å². The zero-order chi connectivity index (χ0) is 13.1. The summed E-state index contributed by atoms with van der Waals surface area (Å²) in [4.78, 5) is 20.0. The van der Waals surface area contributed by atoms with Gasteiger partial charge < -0.3 is 4.74 Å². The second-order valence-electron chi connectivity index (χ2n) is 4.30. The lowest BCUT2D eigenvalue weighted by molar-refractivity contribution is 0.102. The summed E-state index contributed by atoms with van der Waals surface area (Å²) < 4.78 is 5.52. The van der Waals surface area contributed by atoms with Crippen molar-refractivity contribution in [2.75, 3.05) is 11.9 Å². The van der Waals surface area contributed by atoms with Gasteiger partial charge in [0.1, 0.15) is 5.75 Å². The highest BCUT2D eigenvalue weighted by Crippen LogP contribution is 2.25. The molecule has 1 aliphatic heterocycles. The predicted octanol–water partition coefficient (Wildman–Crippen LogP) is 2.05. The molecule has 0 atom stereocenters. The topological polar surface area (TPSA) is 64.1 Å². The Labute approximate surface area is 110 Å². The van der Waals surface area contributed by atoms with Crippen LogP contribution in [-0.4, -0.2) is 22.5 Å². The third-order valence-corrected chi connectivity index (χ3v) is 2.96. The molecule has 0 saturated heterocycles. The number of amides is 1. The molecule has 1 amide bonds. The SMILES string of the molecule is O=C(Nc1ncccn1)c1ccc2c(c1)CCCO2. The Hall–Kier alpha value is -2.43. The molecule has 0 saturated carbocycles. The molecule has 3 rings (SSSR count). The van der Waals surface area contributed by atoms with Crippen molar-refractivity contribution in [1.29, 1.82) is 0 Å². The summed E-state index contributed by atoms with van der Waals surface area (Å²) in [6.45, 7) is 0.746. The Bertz CT molecular complexity index is 599. The van der Waals surface area contributed by atoms with E-state index in [1.165, 1.54) is 0 Å². The molecule has 1 N–H and O–H groups in total. The lowest BCUT2D eigenvalue weighted by Crippen LogP contribution is -2.15. The first kappa shape index (κ1) is 11.6. The van der Waals surface area contributed by atoms with Crippen LogP contribution in [-0.2, 0) is 6.42 Å². The van der Waals surface area contributed by atoms with Crippen molar-refractivity contribution in [1.82, 2.24) is 9.97 Å². The van der Waals surface area contributed by atoms with Crippen molar-refractivity contribution >= 4 is 11.9 Å². The fourth-order valence-electron chi connectivity index (χ4n) is 2.04.